The Balaban J connectivity index is 1.58. The van der Waals surface area contributed by atoms with Gasteiger partial charge in [0.25, 0.3) is 0 Å². The summed E-state index contributed by atoms with van der Waals surface area (Å²) in [5.41, 5.74) is 1.31. The molecule has 1 aliphatic heterocycles. The van der Waals surface area contributed by atoms with Gasteiger partial charge in [0.15, 0.2) is 5.96 Å². The molecule has 0 bridgehead atoms. The molecule has 0 aromatic carbocycles. The van der Waals surface area contributed by atoms with E-state index in [1.165, 1.54) is 10.4 Å². The maximum absolute atomic E-state index is 5.97. The summed E-state index contributed by atoms with van der Waals surface area (Å²) in [5, 5.41) is 7.70. The van der Waals surface area contributed by atoms with E-state index < -0.39 is 0 Å². The number of likely N-dealkylation sites (tertiary alicyclic amines) is 1. The number of hydrogen-bond acceptors (Lipinski definition) is 3. The highest BCUT2D eigenvalue weighted by Crippen LogP contribution is 2.27. The zero-order valence-electron chi connectivity index (χ0n) is 12.8. The monoisotopic (exact) mass is 337 g/mol. The lowest BCUT2D eigenvalue weighted by Crippen LogP contribution is -2.39. The highest BCUT2D eigenvalue weighted by atomic mass is 35.5. The molecule has 0 aliphatic carbocycles. The molecule has 1 N–H and O–H groups in total. The van der Waals surface area contributed by atoms with Crippen LogP contribution in [0.25, 0.3) is 0 Å². The first-order chi connectivity index (χ1) is 10.7. The average molecular weight is 338 g/mol. The maximum atomic E-state index is 5.97. The third-order valence-corrected chi connectivity index (χ3v) is 5.18. The standard InChI is InChI=1S/C15H20ClN5S/c1-17-15(18-8-13-3-4-14(16)22-13)21-6-5-11(10-21)12-7-19-20(2)9-12/h3-4,7,9,11H,5-6,8,10H2,1-2H3,(H,17,18). The Labute approximate surface area is 139 Å². The van der Waals surface area contributed by atoms with Crippen LogP contribution in [0, 0.1) is 0 Å². The number of guanidine groups is 1. The second-order valence-electron chi connectivity index (χ2n) is 5.49. The van der Waals surface area contributed by atoms with Gasteiger partial charge in [0.1, 0.15) is 0 Å². The first-order valence-electron chi connectivity index (χ1n) is 7.34. The lowest BCUT2D eigenvalue weighted by molar-refractivity contribution is 0.486. The Morgan fingerprint density at radius 3 is 3.05 bits per heavy atom. The van der Waals surface area contributed by atoms with Crippen molar-refractivity contribution in [1.29, 1.82) is 0 Å². The van der Waals surface area contributed by atoms with Crippen LogP contribution in [-0.2, 0) is 13.6 Å². The number of aryl methyl sites for hydroxylation is 1. The molecule has 0 spiro atoms. The molecule has 3 rings (SSSR count). The second-order valence-corrected chi connectivity index (χ2v) is 7.29. The highest BCUT2D eigenvalue weighted by Gasteiger charge is 2.26. The molecule has 0 amide bonds. The van der Waals surface area contributed by atoms with Crippen LogP contribution in [0.4, 0.5) is 0 Å². The summed E-state index contributed by atoms with van der Waals surface area (Å²) in [7, 11) is 3.80. The van der Waals surface area contributed by atoms with Crippen molar-refractivity contribution in [3.8, 4) is 0 Å². The van der Waals surface area contributed by atoms with E-state index in [0.29, 0.717) is 5.92 Å². The van der Waals surface area contributed by atoms with Gasteiger partial charge in [-0.25, -0.2) is 0 Å². The van der Waals surface area contributed by atoms with Gasteiger partial charge in [-0.15, -0.1) is 11.3 Å². The largest absolute Gasteiger partial charge is 0.351 e. The number of thiophene rings is 1. The maximum Gasteiger partial charge on any atom is 0.193 e. The third kappa shape index (κ3) is 3.44. The lowest BCUT2D eigenvalue weighted by Gasteiger charge is -2.21. The summed E-state index contributed by atoms with van der Waals surface area (Å²) < 4.78 is 2.69. The van der Waals surface area contributed by atoms with E-state index in [2.05, 4.69) is 32.6 Å². The van der Waals surface area contributed by atoms with Gasteiger partial charge in [0.2, 0.25) is 0 Å². The van der Waals surface area contributed by atoms with Crippen LogP contribution in [0.1, 0.15) is 22.8 Å². The van der Waals surface area contributed by atoms with Crippen molar-refractivity contribution >= 4 is 28.9 Å². The van der Waals surface area contributed by atoms with E-state index >= 15 is 0 Å². The molecule has 0 radical (unpaired) electrons. The number of rotatable bonds is 3. The fourth-order valence-corrected chi connectivity index (χ4v) is 3.85. The van der Waals surface area contributed by atoms with Crippen LogP contribution in [0.3, 0.4) is 0 Å². The van der Waals surface area contributed by atoms with Crippen molar-refractivity contribution in [3.63, 3.8) is 0 Å². The van der Waals surface area contributed by atoms with Crippen LogP contribution in [0.5, 0.6) is 0 Å². The minimum Gasteiger partial charge on any atom is -0.351 e. The van der Waals surface area contributed by atoms with Crippen LogP contribution in [-0.4, -0.2) is 40.8 Å². The second kappa shape index (κ2) is 6.71. The van der Waals surface area contributed by atoms with Crippen molar-refractivity contribution in [2.75, 3.05) is 20.1 Å². The Kier molecular flexibility index (Phi) is 4.69. The van der Waals surface area contributed by atoms with E-state index in [9.17, 15) is 0 Å². The van der Waals surface area contributed by atoms with Crippen LogP contribution >= 0.6 is 22.9 Å². The summed E-state index contributed by atoms with van der Waals surface area (Å²) in [6.45, 7) is 2.76. The third-order valence-electron chi connectivity index (χ3n) is 3.95. The molecule has 5 nitrogen and oxygen atoms in total. The fraction of sp³-hybridized carbons (Fsp3) is 0.467. The fourth-order valence-electron chi connectivity index (χ4n) is 2.82. The summed E-state index contributed by atoms with van der Waals surface area (Å²) in [6, 6.07) is 3.98. The molecular weight excluding hydrogens is 318 g/mol. The summed E-state index contributed by atoms with van der Waals surface area (Å²) in [5.74, 6) is 1.49. The Hall–Kier alpha value is -1.53. The van der Waals surface area contributed by atoms with Gasteiger partial charge < -0.3 is 10.2 Å². The Bertz CT molecular complexity index is 662. The first-order valence-corrected chi connectivity index (χ1v) is 8.53. The van der Waals surface area contributed by atoms with E-state index in [-0.39, 0.29) is 0 Å². The zero-order valence-corrected chi connectivity index (χ0v) is 14.4. The van der Waals surface area contributed by atoms with Crippen molar-refractivity contribution in [3.05, 3.63) is 39.3 Å². The van der Waals surface area contributed by atoms with Crippen LogP contribution < -0.4 is 5.32 Å². The van der Waals surface area contributed by atoms with E-state index in [0.717, 1.165) is 36.4 Å². The summed E-state index contributed by atoms with van der Waals surface area (Å²) in [4.78, 5) is 7.94. The zero-order chi connectivity index (χ0) is 15.5. The van der Waals surface area contributed by atoms with Gasteiger partial charge >= 0.3 is 0 Å². The first kappa shape index (κ1) is 15.4. The minimum atomic E-state index is 0.531. The van der Waals surface area contributed by atoms with Gasteiger partial charge in [-0.05, 0) is 24.1 Å². The van der Waals surface area contributed by atoms with Crippen LogP contribution in [0.2, 0.25) is 4.34 Å². The van der Waals surface area contributed by atoms with Crippen molar-refractivity contribution < 1.29 is 0 Å². The molecule has 3 heterocycles. The summed E-state index contributed by atoms with van der Waals surface area (Å²) >= 11 is 7.57. The molecule has 2 aromatic heterocycles. The molecule has 22 heavy (non-hydrogen) atoms. The van der Waals surface area contributed by atoms with Gasteiger partial charge in [0.05, 0.1) is 17.1 Å². The molecule has 118 valence electrons. The SMILES string of the molecule is CN=C(NCc1ccc(Cl)s1)N1CCC(c2cnn(C)c2)C1. The molecule has 1 saturated heterocycles. The molecule has 0 saturated carbocycles. The Morgan fingerprint density at radius 1 is 1.55 bits per heavy atom. The number of aromatic nitrogens is 2. The van der Waals surface area contributed by atoms with E-state index in [1.54, 1.807) is 11.3 Å². The number of halogens is 1. The minimum absolute atomic E-state index is 0.531. The highest BCUT2D eigenvalue weighted by molar-refractivity contribution is 7.16. The van der Waals surface area contributed by atoms with E-state index in [4.69, 9.17) is 11.6 Å². The number of nitrogens with one attached hydrogen (secondary N) is 1. The number of aliphatic imine (C=N–C) groups is 1. The average Bonchev–Trinajstić information content (AvgIpc) is 3.21. The van der Waals surface area contributed by atoms with Crippen molar-refractivity contribution in [2.45, 2.75) is 18.9 Å². The molecule has 2 aromatic rings. The summed E-state index contributed by atoms with van der Waals surface area (Å²) in [6.07, 6.45) is 5.22. The van der Waals surface area contributed by atoms with Gasteiger partial charge in [-0.3, -0.25) is 9.67 Å². The Morgan fingerprint density at radius 2 is 2.41 bits per heavy atom. The van der Waals surface area contributed by atoms with Crippen LogP contribution in [0.15, 0.2) is 29.5 Å². The van der Waals surface area contributed by atoms with Gasteiger partial charge in [-0.1, -0.05) is 11.6 Å². The van der Waals surface area contributed by atoms with Crippen molar-refractivity contribution in [1.82, 2.24) is 20.0 Å². The van der Waals surface area contributed by atoms with Gasteiger partial charge in [-0.2, -0.15) is 5.10 Å². The predicted octanol–water partition coefficient (Wildman–Crippen LogP) is 2.70. The molecule has 7 heteroatoms. The number of hydrogen-bond donors (Lipinski definition) is 1. The topological polar surface area (TPSA) is 45.5 Å². The smallest absolute Gasteiger partial charge is 0.193 e. The molecule has 1 aliphatic rings. The predicted molar refractivity (Wildman–Crippen MR) is 91.7 cm³/mol. The molecule has 1 fully saturated rings. The quantitative estimate of drug-likeness (QED) is 0.692. The van der Waals surface area contributed by atoms with Gasteiger partial charge in [0, 0.05) is 44.2 Å². The molecular formula is C15H20ClN5S. The lowest BCUT2D eigenvalue weighted by atomic mass is 10.0. The molecule has 1 atom stereocenters. The van der Waals surface area contributed by atoms with Crippen molar-refractivity contribution in [2.24, 2.45) is 12.0 Å². The molecule has 1 unspecified atom stereocenters. The normalized spacial score (nSPS) is 19.0. The number of nitrogens with zero attached hydrogens (tertiary/aromatic N) is 4. The van der Waals surface area contributed by atoms with E-state index in [1.807, 2.05) is 31.0 Å².